The van der Waals surface area contributed by atoms with Gasteiger partial charge in [-0.05, 0) is 18.2 Å². The molecule has 0 fully saturated rings. The number of carbonyl (C=O) groups is 1. The van der Waals surface area contributed by atoms with Crippen molar-refractivity contribution in [2.24, 2.45) is 7.05 Å². The first-order valence-corrected chi connectivity index (χ1v) is 5.31. The van der Waals surface area contributed by atoms with Gasteiger partial charge in [-0.2, -0.15) is 0 Å². The van der Waals surface area contributed by atoms with Crippen LogP contribution in [0.2, 0.25) is 10.0 Å². The Hall–Kier alpha value is -1.32. The van der Waals surface area contributed by atoms with Crippen LogP contribution in [0.4, 0.5) is 0 Å². The van der Waals surface area contributed by atoms with Gasteiger partial charge in [0.25, 0.3) is 0 Å². The van der Waals surface area contributed by atoms with Crippen LogP contribution in [0.5, 0.6) is 0 Å². The summed E-state index contributed by atoms with van der Waals surface area (Å²) in [5.74, 6) is 0. The molecule has 0 aliphatic heterocycles. The molecule has 0 saturated carbocycles. The van der Waals surface area contributed by atoms with Crippen molar-refractivity contribution in [2.45, 2.75) is 0 Å². The third kappa shape index (κ3) is 1.84. The molecule has 0 atom stereocenters. The van der Waals surface area contributed by atoms with Gasteiger partial charge in [0.05, 0.1) is 11.3 Å². The Morgan fingerprint density at radius 3 is 2.75 bits per heavy atom. The predicted molar refractivity (Wildman–Crippen MR) is 64.1 cm³/mol. The molecule has 1 aromatic heterocycles. The first kappa shape index (κ1) is 11.2. The van der Waals surface area contributed by atoms with Crippen LogP contribution in [0.1, 0.15) is 10.5 Å². The van der Waals surface area contributed by atoms with Crippen molar-refractivity contribution in [3.05, 3.63) is 40.3 Å². The summed E-state index contributed by atoms with van der Waals surface area (Å²) in [6.45, 7) is 0. The molecule has 0 unspecified atom stereocenters. The zero-order valence-corrected chi connectivity index (χ0v) is 9.96. The van der Waals surface area contributed by atoms with Gasteiger partial charge in [0, 0.05) is 17.6 Å². The number of rotatable bonds is 2. The quantitative estimate of drug-likeness (QED) is 0.772. The summed E-state index contributed by atoms with van der Waals surface area (Å²) in [5, 5.41) is 1.03. The molecule has 0 spiro atoms. The summed E-state index contributed by atoms with van der Waals surface area (Å²) in [7, 11) is 1.75. The summed E-state index contributed by atoms with van der Waals surface area (Å²) in [4.78, 5) is 15.1. The molecular formula is C11H8Cl2N2O. The fraction of sp³-hybridized carbons (Fsp3) is 0.0909. The maximum Gasteiger partial charge on any atom is 0.168 e. The monoisotopic (exact) mass is 254 g/mol. The van der Waals surface area contributed by atoms with Gasteiger partial charge in [-0.25, -0.2) is 4.98 Å². The highest BCUT2D eigenvalue weighted by atomic mass is 35.5. The lowest BCUT2D eigenvalue weighted by molar-refractivity contribution is 0.111. The molecule has 2 aromatic rings. The van der Waals surface area contributed by atoms with Gasteiger partial charge in [-0.1, -0.05) is 23.2 Å². The number of aromatic nitrogens is 2. The maximum absolute atomic E-state index is 10.9. The normalized spacial score (nSPS) is 10.4. The predicted octanol–water partition coefficient (Wildman–Crippen LogP) is 3.21. The lowest BCUT2D eigenvalue weighted by Crippen LogP contribution is -1.94. The molecular weight excluding hydrogens is 247 g/mol. The average molecular weight is 255 g/mol. The van der Waals surface area contributed by atoms with E-state index in [1.165, 1.54) is 0 Å². The van der Waals surface area contributed by atoms with E-state index in [-0.39, 0.29) is 0 Å². The van der Waals surface area contributed by atoms with Crippen LogP contribution in [-0.4, -0.2) is 15.8 Å². The summed E-state index contributed by atoms with van der Waals surface area (Å²) in [6.07, 6.45) is 2.33. The fourth-order valence-electron chi connectivity index (χ4n) is 1.47. The Bertz CT molecular complexity index is 549. The summed E-state index contributed by atoms with van der Waals surface area (Å²) in [6, 6.07) is 5.09. The number of aldehydes is 1. The van der Waals surface area contributed by atoms with Crippen LogP contribution in [0, 0.1) is 0 Å². The first-order valence-electron chi connectivity index (χ1n) is 4.55. The fourth-order valence-corrected chi connectivity index (χ4v) is 1.97. The molecule has 0 amide bonds. The number of halogens is 2. The van der Waals surface area contributed by atoms with Crippen molar-refractivity contribution in [3.8, 4) is 11.3 Å². The molecule has 16 heavy (non-hydrogen) atoms. The van der Waals surface area contributed by atoms with Crippen molar-refractivity contribution < 1.29 is 4.79 Å². The van der Waals surface area contributed by atoms with Crippen molar-refractivity contribution >= 4 is 29.5 Å². The Morgan fingerprint density at radius 1 is 1.38 bits per heavy atom. The van der Waals surface area contributed by atoms with Crippen molar-refractivity contribution in [1.82, 2.24) is 9.55 Å². The Labute approximate surface area is 103 Å². The highest BCUT2D eigenvalue weighted by Crippen LogP contribution is 2.30. The second-order valence-corrected chi connectivity index (χ2v) is 4.17. The third-order valence-corrected chi connectivity index (χ3v) is 2.83. The second-order valence-electron chi connectivity index (χ2n) is 3.33. The zero-order chi connectivity index (χ0) is 11.7. The smallest absolute Gasteiger partial charge is 0.168 e. The third-order valence-electron chi connectivity index (χ3n) is 2.28. The highest BCUT2D eigenvalue weighted by molar-refractivity contribution is 6.36. The van der Waals surface area contributed by atoms with E-state index in [1.807, 2.05) is 0 Å². The average Bonchev–Trinajstić information content (AvgIpc) is 2.59. The lowest BCUT2D eigenvalue weighted by Gasteiger charge is -2.03. The van der Waals surface area contributed by atoms with Gasteiger partial charge in [0.2, 0.25) is 0 Å². The molecule has 1 aromatic carbocycles. The number of imidazole rings is 1. The van der Waals surface area contributed by atoms with E-state index >= 15 is 0 Å². The number of benzene rings is 1. The van der Waals surface area contributed by atoms with Gasteiger partial charge < -0.3 is 4.57 Å². The second kappa shape index (κ2) is 4.28. The summed E-state index contributed by atoms with van der Waals surface area (Å²) < 4.78 is 1.65. The Morgan fingerprint density at radius 2 is 2.12 bits per heavy atom. The molecule has 0 aliphatic rings. The molecule has 0 N–H and O–H groups in total. The minimum Gasteiger partial charge on any atom is -0.331 e. The molecule has 0 aliphatic carbocycles. The van der Waals surface area contributed by atoms with Crippen molar-refractivity contribution in [1.29, 1.82) is 0 Å². The minimum atomic E-state index is 0.481. The molecule has 2 rings (SSSR count). The van der Waals surface area contributed by atoms with Crippen molar-refractivity contribution in [3.63, 3.8) is 0 Å². The standard InChI is InChI=1S/C11H8Cl2N2O/c1-15-6-14-11(10(15)5-16)8-3-2-7(12)4-9(8)13/h2-6H,1H3. The molecule has 3 nitrogen and oxygen atoms in total. The molecule has 0 radical (unpaired) electrons. The summed E-state index contributed by atoms with van der Waals surface area (Å²) in [5.41, 5.74) is 1.76. The molecule has 82 valence electrons. The number of carbonyl (C=O) groups excluding carboxylic acids is 1. The lowest BCUT2D eigenvalue weighted by atomic mass is 10.1. The van der Waals surface area contributed by atoms with E-state index in [1.54, 1.807) is 36.1 Å². The van der Waals surface area contributed by atoms with E-state index < -0.39 is 0 Å². The van der Waals surface area contributed by atoms with Crippen LogP contribution in [0.3, 0.4) is 0 Å². The van der Waals surface area contributed by atoms with E-state index in [0.29, 0.717) is 27.0 Å². The van der Waals surface area contributed by atoms with E-state index in [0.717, 1.165) is 6.29 Å². The van der Waals surface area contributed by atoms with Crippen LogP contribution in [-0.2, 0) is 7.05 Å². The molecule has 1 heterocycles. The molecule has 0 bridgehead atoms. The number of hydrogen-bond donors (Lipinski definition) is 0. The van der Waals surface area contributed by atoms with Gasteiger partial charge in [0.15, 0.2) is 6.29 Å². The topological polar surface area (TPSA) is 34.9 Å². The van der Waals surface area contributed by atoms with Crippen molar-refractivity contribution in [2.75, 3.05) is 0 Å². The van der Waals surface area contributed by atoms with E-state index in [2.05, 4.69) is 4.98 Å². The summed E-state index contributed by atoms with van der Waals surface area (Å²) >= 11 is 11.9. The first-order chi connectivity index (χ1) is 7.63. The number of hydrogen-bond acceptors (Lipinski definition) is 2. The van der Waals surface area contributed by atoms with Gasteiger partial charge in [-0.3, -0.25) is 4.79 Å². The Balaban J connectivity index is 2.63. The largest absolute Gasteiger partial charge is 0.331 e. The zero-order valence-electron chi connectivity index (χ0n) is 8.45. The SMILES string of the molecule is Cn1cnc(-c2ccc(Cl)cc2Cl)c1C=O. The number of nitrogens with zero attached hydrogens (tertiary/aromatic N) is 2. The van der Waals surface area contributed by atoms with Gasteiger partial charge in [0.1, 0.15) is 11.4 Å². The Kier molecular flexibility index (Phi) is 2.99. The van der Waals surface area contributed by atoms with Gasteiger partial charge in [-0.15, -0.1) is 0 Å². The molecule has 0 saturated heterocycles. The van der Waals surface area contributed by atoms with Crippen LogP contribution < -0.4 is 0 Å². The number of aryl methyl sites for hydroxylation is 1. The minimum absolute atomic E-state index is 0.481. The van der Waals surface area contributed by atoms with Crippen LogP contribution in [0.25, 0.3) is 11.3 Å². The molecule has 5 heteroatoms. The van der Waals surface area contributed by atoms with Crippen LogP contribution >= 0.6 is 23.2 Å². The van der Waals surface area contributed by atoms with Gasteiger partial charge >= 0.3 is 0 Å². The van der Waals surface area contributed by atoms with E-state index in [9.17, 15) is 4.79 Å². The maximum atomic E-state index is 10.9. The van der Waals surface area contributed by atoms with E-state index in [4.69, 9.17) is 23.2 Å². The highest BCUT2D eigenvalue weighted by Gasteiger charge is 2.13. The van der Waals surface area contributed by atoms with Crippen LogP contribution in [0.15, 0.2) is 24.5 Å².